The highest BCUT2D eigenvalue weighted by Crippen LogP contribution is 2.20. The summed E-state index contributed by atoms with van der Waals surface area (Å²) in [6.45, 7) is 16.9. The molecule has 0 saturated carbocycles. The second kappa shape index (κ2) is 23.2. The molecule has 0 N–H and O–H groups in total. The van der Waals surface area contributed by atoms with Crippen LogP contribution in [0.3, 0.4) is 0 Å². The van der Waals surface area contributed by atoms with Gasteiger partial charge in [-0.15, -0.1) is 0 Å². The van der Waals surface area contributed by atoms with Crippen LogP contribution >= 0.6 is 0 Å². The third-order valence-corrected chi connectivity index (χ3v) is 7.21. The number of ether oxygens (including phenoxy) is 1. The lowest BCUT2D eigenvalue weighted by Gasteiger charge is -2.28. The Hall–Kier alpha value is -2.37. The maximum atomic E-state index is 13.9. The molecular formula is C36H61N3O2. The number of carbonyl (C=O) groups is 1. The van der Waals surface area contributed by atoms with E-state index in [9.17, 15) is 4.79 Å². The average Bonchev–Trinajstić information content (AvgIpc) is 3.24. The zero-order chi connectivity index (χ0) is 30.3. The molecule has 0 bridgehead atoms. The van der Waals surface area contributed by atoms with Crippen molar-refractivity contribution in [3.8, 4) is 5.75 Å². The predicted molar refractivity (Wildman–Crippen MR) is 178 cm³/mol. The first-order valence-corrected chi connectivity index (χ1v) is 16.4. The van der Waals surface area contributed by atoms with E-state index in [0.29, 0.717) is 19.6 Å². The molecule has 0 radical (unpaired) electrons. The zero-order valence-corrected chi connectivity index (χ0v) is 27.6. The molecule has 232 valence electrons. The molecule has 2 rings (SSSR count). The van der Waals surface area contributed by atoms with E-state index in [1.165, 1.54) is 44.1 Å². The van der Waals surface area contributed by atoms with E-state index in [4.69, 9.17) is 4.74 Å². The number of hydrogen-bond donors (Lipinski definition) is 0. The first-order valence-electron chi connectivity index (χ1n) is 16.4. The van der Waals surface area contributed by atoms with Gasteiger partial charge in [0, 0.05) is 31.8 Å². The molecule has 0 heterocycles. The van der Waals surface area contributed by atoms with Crippen LogP contribution in [0.4, 0.5) is 0 Å². The zero-order valence-electron chi connectivity index (χ0n) is 27.6. The van der Waals surface area contributed by atoms with Crippen molar-refractivity contribution in [3.63, 3.8) is 0 Å². The minimum atomic E-state index is 0.155. The third kappa shape index (κ3) is 16.0. The molecule has 0 unspecified atom stereocenters. The minimum Gasteiger partial charge on any atom is -0.494 e. The number of hydrogen-bond acceptors (Lipinski definition) is 4. The molecule has 0 aliphatic heterocycles. The van der Waals surface area contributed by atoms with Crippen LogP contribution < -0.4 is 4.74 Å². The summed E-state index contributed by atoms with van der Waals surface area (Å²) in [5, 5.41) is 0. The number of unbranched alkanes of at least 4 members (excludes halogenated alkanes) is 3. The lowest BCUT2D eigenvalue weighted by Crippen LogP contribution is -2.39. The van der Waals surface area contributed by atoms with Gasteiger partial charge in [0.2, 0.25) is 5.91 Å². The van der Waals surface area contributed by atoms with Crippen molar-refractivity contribution in [1.29, 1.82) is 0 Å². The molecule has 0 fully saturated rings. The minimum absolute atomic E-state index is 0.155. The first-order chi connectivity index (χ1) is 20.0. The van der Waals surface area contributed by atoms with E-state index in [0.717, 1.165) is 62.5 Å². The van der Waals surface area contributed by atoms with Crippen LogP contribution in [0.25, 0.3) is 0 Å². The van der Waals surface area contributed by atoms with Gasteiger partial charge in [-0.25, -0.2) is 0 Å². The first kappa shape index (κ1) is 36.7. The number of amides is 1. The van der Waals surface area contributed by atoms with E-state index in [-0.39, 0.29) is 5.91 Å². The fourth-order valence-corrected chi connectivity index (χ4v) is 4.67. The van der Waals surface area contributed by atoms with Crippen molar-refractivity contribution in [2.75, 3.05) is 53.4 Å². The summed E-state index contributed by atoms with van der Waals surface area (Å²) in [6, 6.07) is 8.30. The number of carbonyl (C=O) groups excluding carboxylic acids is 1. The summed E-state index contributed by atoms with van der Waals surface area (Å²) in [5.41, 5.74) is 3.34. The summed E-state index contributed by atoms with van der Waals surface area (Å²) in [7, 11) is 4.16. The van der Waals surface area contributed by atoms with Crippen LogP contribution in [-0.2, 0) is 11.3 Å². The van der Waals surface area contributed by atoms with Crippen LogP contribution in [0.5, 0.6) is 5.75 Å². The van der Waals surface area contributed by atoms with Crippen molar-refractivity contribution < 1.29 is 9.53 Å². The summed E-state index contributed by atoms with van der Waals surface area (Å²) < 4.78 is 5.93. The highest BCUT2D eigenvalue weighted by Gasteiger charge is 2.20. The van der Waals surface area contributed by atoms with Gasteiger partial charge in [0.05, 0.1) is 6.61 Å². The number of nitrogens with zero attached hydrogens (tertiary/aromatic N) is 3. The Morgan fingerprint density at radius 2 is 1.46 bits per heavy atom. The summed E-state index contributed by atoms with van der Waals surface area (Å²) in [5.74, 6) is 1.05. The van der Waals surface area contributed by atoms with Gasteiger partial charge < -0.3 is 19.4 Å². The molecule has 0 aromatic heterocycles. The van der Waals surface area contributed by atoms with Crippen molar-refractivity contribution in [2.45, 2.75) is 99.0 Å². The molecule has 1 aromatic carbocycles. The van der Waals surface area contributed by atoms with E-state index >= 15 is 0 Å². The van der Waals surface area contributed by atoms with Crippen molar-refractivity contribution in [3.05, 3.63) is 65.3 Å². The molecular weight excluding hydrogens is 506 g/mol. The van der Waals surface area contributed by atoms with E-state index in [1.807, 2.05) is 26.0 Å². The van der Waals surface area contributed by atoms with Crippen LogP contribution in [0, 0.1) is 0 Å². The quantitative estimate of drug-likeness (QED) is 0.149. The van der Waals surface area contributed by atoms with Gasteiger partial charge in [0.1, 0.15) is 5.75 Å². The second-order valence-corrected chi connectivity index (χ2v) is 11.1. The fourth-order valence-electron chi connectivity index (χ4n) is 4.67. The van der Waals surface area contributed by atoms with E-state index in [1.54, 1.807) is 0 Å². The van der Waals surface area contributed by atoms with Gasteiger partial charge in [0.25, 0.3) is 0 Å². The molecule has 0 saturated heterocycles. The molecule has 41 heavy (non-hydrogen) atoms. The SMILES string of the molecule is CC.CCCCC1=CC=C(C(=O)N(CCN(CCCC)CCCC)Cc2ccc(OCCCN(C)C)cc2)CC=C1. The van der Waals surface area contributed by atoms with Crippen LogP contribution in [0.15, 0.2) is 59.7 Å². The normalized spacial score (nSPS) is 12.9. The lowest BCUT2D eigenvalue weighted by atomic mass is 10.1. The molecule has 5 heteroatoms. The number of allylic oxidation sites excluding steroid dienone is 5. The second-order valence-electron chi connectivity index (χ2n) is 11.1. The Bertz CT molecular complexity index is 894. The van der Waals surface area contributed by atoms with Crippen molar-refractivity contribution in [2.24, 2.45) is 0 Å². The van der Waals surface area contributed by atoms with Gasteiger partial charge in [-0.1, -0.05) is 90.3 Å². The van der Waals surface area contributed by atoms with Crippen LogP contribution in [-0.4, -0.2) is 74.0 Å². The standard InChI is InChI=1S/C34H55N3O2.C2H6/c1-6-9-14-30-15-12-16-32(20-17-30)34(38)37(27-26-36(24-10-7-2)25-11-8-3)29-31-18-21-33(22-19-31)39-28-13-23-35(4)5;1-2/h12,15,17-22H,6-11,13-14,16,23-29H2,1-5H3;1-2H3. The maximum Gasteiger partial charge on any atom is 0.250 e. The Morgan fingerprint density at radius 1 is 0.805 bits per heavy atom. The number of benzene rings is 1. The van der Waals surface area contributed by atoms with Crippen LogP contribution in [0.2, 0.25) is 0 Å². The van der Waals surface area contributed by atoms with E-state index < -0.39 is 0 Å². The van der Waals surface area contributed by atoms with Crippen LogP contribution in [0.1, 0.15) is 98.0 Å². The van der Waals surface area contributed by atoms with Crippen molar-refractivity contribution in [1.82, 2.24) is 14.7 Å². The lowest BCUT2D eigenvalue weighted by molar-refractivity contribution is -0.128. The Labute approximate surface area is 253 Å². The fraction of sp³-hybridized carbons (Fsp3) is 0.639. The molecule has 1 aliphatic rings. The topological polar surface area (TPSA) is 36.0 Å². The molecule has 0 atom stereocenters. The Morgan fingerprint density at radius 3 is 2.07 bits per heavy atom. The smallest absolute Gasteiger partial charge is 0.250 e. The maximum absolute atomic E-state index is 13.9. The Balaban J connectivity index is 0.00000411. The molecule has 1 amide bonds. The van der Waals surface area contributed by atoms with Gasteiger partial charge in [-0.05, 0) is 89.0 Å². The molecule has 0 spiro atoms. The molecule has 1 aromatic rings. The van der Waals surface area contributed by atoms with Gasteiger partial charge in [-0.2, -0.15) is 0 Å². The third-order valence-electron chi connectivity index (χ3n) is 7.21. The summed E-state index contributed by atoms with van der Waals surface area (Å²) in [6.07, 6.45) is 18.5. The van der Waals surface area contributed by atoms with Gasteiger partial charge >= 0.3 is 0 Å². The molecule has 1 aliphatic carbocycles. The summed E-state index contributed by atoms with van der Waals surface area (Å²) >= 11 is 0. The summed E-state index contributed by atoms with van der Waals surface area (Å²) in [4.78, 5) is 20.6. The van der Waals surface area contributed by atoms with Crippen molar-refractivity contribution >= 4 is 5.91 Å². The predicted octanol–water partition coefficient (Wildman–Crippen LogP) is 8.28. The average molecular weight is 568 g/mol. The largest absolute Gasteiger partial charge is 0.494 e. The highest BCUT2D eigenvalue weighted by atomic mass is 16.5. The molecule has 5 nitrogen and oxygen atoms in total. The monoisotopic (exact) mass is 567 g/mol. The van der Waals surface area contributed by atoms with Gasteiger partial charge in [0.15, 0.2) is 0 Å². The van der Waals surface area contributed by atoms with E-state index in [2.05, 4.69) is 86.0 Å². The van der Waals surface area contributed by atoms with Gasteiger partial charge in [-0.3, -0.25) is 4.79 Å². The highest BCUT2D eigenvalue weighted by molar-refractivity contribution is 5.94. The Kier molecular flexibility index (Phi) is 20.8. The number of rotatable bonds is 20.